The van der Waals surface area contributed by atoms with Crippen molar-refractivity contribution in [3.05, 3.63) is 0 Å². The first kappa shape index (κ1) is 39.5. The molecular formula is C8H2Ce2O16. The van der Waals surface area contributed by atoms with Crippen LogP contribution in [0.3, 0.4) is 0 Å². The van der Waals surface area contributed by atoms with Gasteiger partial charge in [0, 0.05) is 0 Å². The molecule has 0 spiro atoms. The zero-order valence-electron chi connectivity index (χ0n) is 11.6. The summed E-state index contributed by atoms with van der Waals surface area (Å²) in [6.45, 7) is 0. The maximum atomic E-state index is 9.10. The summed E-state index contributed by atoms with van der Waals surface area (Å²) in [7, 11) is 0. The van der Waals surface area contributed by atoms with Crippen LogP contribution in [0.5, 0.6) is 0 Å². The molecule has 2 N–H and O–H groups in total. The SMILES string of the molecule is O=C(O)C(=O)O.O=C([O-])C(=O)[O-].O=C([O-])C(=O)[O-].O=C([O-])C(=O)[O-].[Ce+3].[Ce+3]. The van der Waals surface area contributed by atoms with E-state index in [1.54, 1.807) is 0 Å². The third kappa shape index (κ3) is 49.5. The molecule has 2 radical (unpaired) electrons. The number of carbonyl (C=O) groups excluding carboxylic acids is 6. The molecule has 0 aliphatic rings. The Hall–Kier alpha value is -1.49. The molecule has 0 heterocycles. The number of hydrogen-bond acceptors (Lipinski definition) is 14. The van der Waals surface area contributed by atoms with Gasteiger partial charge in [-0.15, -0.1) is 0 Å². The molecule has 16 nitrogen and oxygen atoms in total. The van der Waals surface area contributed by atoms with Crippen LogP contribution in [0, 0.1) is 83.5 Å². The molecule has 0 unspecified atom stereocenters. The second-order valence-electron chi connectivity index (χ2n) is 2.34. The fourth-order valence-corrected chi connectivity index (χ4v) is 0. The summed E-state index contributed by atoms with van der Waals surface area (Å²) in [4.78, 5) is 71.8. The summed E-state index contributed by atoms with van der Waals surface area (Å²) in [5.41, 5.74) is 0. The Kier molecular flexibility index (Phi) is 35.8. The summed E-state index contributed by atoms with van der Waals surface area (Å²) in [5.74, 6) is -16.8. The number of hydrogen-bond donors (Lipinski definition) is 2. The molecule has 0 aromatic carbocycles. The fraction of sp³-hybridized carbons (Fsp3) is 0. The van der Waals surface area contributed by atoms with E-state index in [-0.39, 0.29) is 83.5 Å². The standard InChI is InChI=1S/4C2H2O4.2Ce/c4*3-1(4)2(5)6;;/h4*(H,3,4)(H,5,6);;/q;;;;2*+3/p-6. The van der Waals surface area contributed by atoms with Crippen molar-refractivity contribution in [1.82, 2.24) is 0 Å². The molecular weight excluding hydrogens is 632 g/mol. The van der Waals surface area contributed by atoms with Crippen LogP contribution in [0.4, 0.5) is 0 Å². The van der Waals surface area contributed by atoms with Crippen molar-refractivity contribution in [2.45, 2.75) is 0 Å². The molecule has 0 fully saturated rings. The van der Waals surface area contributed by atoms with Gasteiger partial charge in [-0.3, -0.25) is 0 Å². The van der Waals surface area contributed by atoms with E-state index in [0.29, 0.717) is 0 Å². The smallest absolute Gasteiger partial charge is 0.543 e. The predicted octanol–water partition coefficient (Wildman–Crippen LogP) is -11.4. The molecule has 0 aliphatic heterocycles. The number of carboxylic acids is 8. The van der Waals surface area contributed by atoms with Crippen molar-refractivity contribution in [1.29, 1.82) is 0 Å². The summed E-state index contributed by atoms with van der Waals surface area (Å²) in [5, 5.41) is 68.3. The third-order valence-electron chi connectivity index (χ3n) is 0.683. The van der Waals surface area contributed by atoms with Crippen LogP contribution in [0.1, 0.15) is 0 Å². The van der Waals surface area contributed by atoms with E-state index >= 15 is 0 Å². The Bertz CT molecular complexity index is 392. The topological polar surface area (TPSA) is 315 Å². The summed E-state index contributed by atoms with van der Waals surface area (Å²) in [6, 6.07) is 0. The van der Waals surface area contributed by atoms with Gasteiger partial charge < -0.3 is 69.6 Å². The van der Waals surface area contributed by atoms with Crippen molar-refractivity contribution in [2.75, 3.05) is 0 Å². The minimum Gasteiger partial charge on any atom is -0.543 e. The maximum absolute atomic E-state index is 9.10. The molecule has 0 saturated heterocycles. The average Bonchev–Trinajstić information content (AvgIpc) is 2.40. The zero-order chi connectivity index (χ0) is 20.6. The van der Waals surface area contributed by atoms with Crippen molar-refractivity contribution in [2.24, 2.45) is 0 Å². The second kappa shape index (κ2) is 23.5. The number of rotatable bonds is 0. The minimum absolute atomic E-state index is 0. The molecule has 0 aromatic rings. The third-order valence-corrected chi connectivity index (χ3v) is 0.683. The Morgan fingerprint density at radius 2 is 0.462 bits per heavy atom. The van der Waals surface area contributed by atoms with Crippen molar-refractivity contribution in [3.8, 4) is 0 Å². The molecule has 0 aromatic heterocycles. The van der Waals surface area contributed by atoms with Gasteiger partial charge in [0.05, 0.1) is 35.8 Å². The number of aliphatic carboxylic acids is 8. The molecule has 0 amide bonds. The molecule has 0 aliphatic carbocycles. The first-order valence-electron chi connectivity index (χ1n) is 4.30. The summed E-state index contributed by atoms with van der Waals surface area (Å²) < 4.78 is 0. The Balaban J connectivity index is -0.0000000500. The van der Waals surface area contributed by atoms with Gasteiger partial charge in [0.15, 0.2) is 0 Å². The van der Waals surface area contributed by atoms with Gasteiger partial charge in [-0.1, -0.05) is 0 Å². The molecule has 0 bridgehead atoms. The predicted molar refractivity (Wildman–Crippen MR) is 45.3 cm³/mol. The van der Waals surface area contributed by atoms with Crippen LogP contribution in [0.25, 0.3) is 0 Å². The van der Waals surface area contributed by atoms with Gasteiger partial charge in [-0.05, 0) is 0 Å². The molecule has 0 saturated carbocycles. The first-order chi connectivity index (χ1) is 10.6. The molecule has 26 heavy (non-hydrogen) atoms. The first-order valence-corrected chi connectivity index (χ1v) is 4.30. The van der Waals surface area contributed by atoms with Crippen molar-refractivity contribution < 1.29 is 163 Å². The van der Waals surface area contributed by atoms with Gasteiger partial charge in [-0.25, -0.2) is 9.59 Å². The van der Waals surface area contributed by atoms with Gasteiger partial charge in [0.1, 0.15) is 0 Å². The minimum atomic E-state index is -2.19. The van der Waals surface area contributed by atoms with Crippen LogP contribution < -0.4 is 30.6 Å². The van der Waals surface area contributed by atoms with E-state index in [1.807, 2.05) is 0 Å². The monoisotopic (exact) mass is 634 g/mol. The average molecular weight is 634 g/mol. The molecule has 18 heteroatoms. The van der Waals surface area contributed by atoms with Crippen LogP contribution in [-0.2, 0) is 38.4 Å². The van der Waals surface area contributed by atoms with E-state index in [0.717, 1.165) is 0 Å². The van der Waals surface area contributed by atoms with E-state index in [9.17, 15) is 0 Å². The maximum Gasteiger partial charge on any atom is 3.00 e. The largest absolute Gasteiger partial charge is 3.00 e. The molecule has 0 atom stereocenters. The Labute approximate surface area is 208 Å². The van der Waals surface area contributed by atoms with Crippen LogP contribution in [-0.4, -0.2) is 58.0 Å². The number of carbonyl (C=O) groups is 8. The summed E-state index contributed by atoms with van der Waals surface area (Å²) >= 11 is 0. The van der Waals surface area contributed by atoms with Crippen molar-refractivity contribution in [3.63, 3.8) is 0 Å². The Morgan fingerprint density at radius 3 is 0.462 bits per heavy atom. The van der Waals surface area contributed by atoms with Crippen LogP contribution in [0.15, 0.2) is 0 Å². The van der Waals surface area contributed by atoms with E-state index in [4.69, 9.17) is 79.2 Å². The van der Waals surface area contributed by atoms with E-state index in [2.05, 4.69) is 0 Å². The normalized spacial score (nSPS) is 6.77. The van der Waals surface area contributed by atoms with E-state index < -0.39 is 47.8 Å². The summed E-state index contributed by atoms with van der Waals surface area (Å²) in [6.07, 6.45) is 0. The quantitative estimate of drug-likeness (QED) is 0.234. The van der Waals surface area contributed by atoms with Crippen LogP contribution >= 0.6 is 0 Å². The second-order valence-corrected chi connectivity index (χ2v) is 2.34. The Morgan fingerprint density at radius 1 is 0.385 bits per heavy atom. The van der Waals surface area contributed by atoms with Gasteiger partial charge in [-0.2, -0.15) is 0 Å². The van der Waals surface area contributed by atoms with Gasteiger partial charge >= 0.3 is 95.4 Å². The fourth-order valence-electron chi connectivity index (χ4n) is 0. The molecule has 0 rings (SSSR count). The molecule has 138 valence electrons. The van der Waals surface area contributed by atoms with Crippen LogP contribution in [0.2, 0.25) is 0 Å². The van der Waals surface area contributed by atoms with Gasteiger partial charge in [0.2, 0.25) is 0 Å². The van der Waals surface area contributed by atoms with Gasteiger partial charge in [0.25, 0.3) is 0 Å². The zero-order valence-corrected chi connectivity index (χ0v) is 17.9. The van der Waals surface area contributed by atoms with E-state index in [1.165, 1.54) is 0 Å². The number of carboxylic acid groups (broad SMARTS) is 8. The van der Waals surface area contributed by atoms with Crippen molar-refractivity contribution >= 4 is 47.8 Å².